The van der Waals surface area contributed by atoms with Crippen LogP contribution < -0.4 is 9.90 Å². The van der Waals surface area contributed by atoms with Crippen LogP contribution in [0.3, 0.4) is 0 Å². The number of fused-ring (bicyclic) bond motifs is 1. The third-order valence-electron chi connectivity index (χ3n) is 3.00. The maximum atomic E-state index is 4.07. The second-order valence-corrected chi connectivity index (χ2v) is 5.58. The molecule has 0 aliphatic heterocycles. The molecule has 0 N–H and O–H groups in total. The fraction of sp³-hybridized carbons (Fsp3) is 0.0667. The van der Waals surface area contributed by atoms with Crippen molar-refractivity contribution >= 4 is 25.9 Å². The SMILES string of the molecule is C=c1cc2c([pH]1)=C(C)C=C2c1ccccc1. The van der Waals surface area contributed by atoms with Crippen LogP contribution in [0.5, 0.6) is 0 Å². The molecule has 78 valence electrons. The third-order valence-corrected chi connectivity index (χ3v) is 4.38. The van der Waals surface area contributed by atoms with E-state index in [0.29, 0.717) is 0 Å². The van der Waals surface area contributed by atoms with Gasteiger partial charge in [0.2, 0.25) is 0 Å². The van der Waals surface area contributed by atoms with Crippen LogP contribution in [-0.4, -0.2) is 0 Å². The number of allylic oxidation sites excluding steroid dienone is 1. The molecule has 0 fully saturated rings. The zero-order chi connectivity index (χ0) is 11.1. The van der Waals surface area contributed by atoms with Gasteiger partial charge in [-0.2, -0.15) is 0 Å². The molecule has 1 aliphatic rings. The monoisotopic (exact) mass is 224 g/mol. The molecule has 1 aromatic carbocycles. The lowest BCUT2D eigenvalue weighted by Crippen LogP contribution is -1.96. The van der Waals surface area contributed by atoms with Crippen molar-refractivity contribution in [3.63, 3.8) is 0 Å². The van der Waals surface area contributed by atoms with Crippen LogP contribution in [0.1, 0.15) is 18.1 Å². The van der Waals surface area contributed by atoms with E-state index in [-0.39, 0.29) is 0 Å². The molecule has 0 bridgehead atoms. The van der Waals surface area contributed by atoms with Crippen LogP contribution in [0.25, 0.3) is 17.7 Å². The molecule has 0 radical (unpaired) electrons. The Hall–Kier alpha value is -1.52. The van der Waals surface area contributed by atoms with Gasteiger partial charge >= 0.3 is 0 Å². The predicted octanol–water partition coefficient (Wildman–Crippen LogP) is 2.74. The molecular formula is C15H13P. The minimum Gasteiger partial charge on any atom is -0.124 e. The van der Waals surface area contributed by atoms with Gasteiger partial charge in [-0.15, -0.1) is 8.19 Å². The van der Waals surface area contributed by atoms with Crippen LogP contribution in [0.2, 0.25) is 0 Å². The van der Waals surface area contributed by atoms with Crippen molar-refractivity contribution in [1.82, 2.24) is 0 Å². The molecule has 0 saturated heterocycles. The first-order valence-corrected chi connectivity index (χ1v) is 6.42. The van der Waals surface area contributed by atoms with Gasteiger partial charge in [0.25, 0.3) is 0 Å². The normalized spacial score (nSPS) is 14.3. The molecule has 3 rings (SSSR count). The standard InChI is InChI=1S/C15H13P/c1-10-8-13(12-6-4-3-5-7-12)14-9-11(2)16-15(10)14/h3-9,16H,2H2,1H3. The molecule has 2 aromatic rings. The lowest BCUT2D eigenvalue weighted by Gasteiger charge is -2.02. The summed E-state index contributed by atoms with van der Waals surface area (Å²) in [6, 6.07) is 12.8. The Morgan fingerprint density at radius 2 is 1.88 bits per heavy atom. The summed E-state index contributed by atoms with van der Waals surface area (Å²) in [6.45, 7) is 6.27. The summed E-state index contributed by atoms with van der Waals surface area (Å²) in [4.78, 5) is 2.75. The minimum atomic E-state index is 0.768. The quantitative estimate of drug-likeness (QED) is 0.698. The van der Waals surface area contributed by atoms with E-state index in [1.807, 2.05) is 0 Å². The second-order valence-electron chi connectivity index (χ2n) is 4.19. The van der Waals surface area contributed by atoms with Crippen LogP contribution in [0.15, 0.2) is 42.5 Å². The lowest BCUT2D eigenvalue weighted by atomic mass is 10.0. The molecule has 1 heterocycles. The Balaban J connectivity index is 2.23. The Morgan fingerprint density at radius 3 is 2.62 bits per heavy atom. The first kappa shape index (κ1) is 9.69. The lowest BCUT2D eigenvalue weighted by molar-refractivity contribution is 1.59. The highest BCUT2D eigenvalue weighted by molar-refractivity contribution is 7.28. The number of hydrogen-bond donors (Lipinski definition) is 0. The molecular weight excluding hydrogens is 211 g/mol. The Bertz CT molecular complexity index is 672. The molecule has 0 nitrogen and oxygen atoms in total. The molecule has 0 amide bonds. The first-order chi connectivity index (χ1) is 7.75. The van der Waals surface area contributed by atoms with Crippen LogP contribution in [0, 0.1) is 0 Å². The topological polar surface area (TPSA) is 0 Å². The average Bonchev–Trinajstić information content (AvgIpc) is 2.80. The van der Waals surface area contributed by atoms with E-state index in [9.17, 15) is 0 Å². The summed E-state index contributed by atoms with van der Waals surface area (Å²) in [5.41, 5.74) is 5.47. The highest BCUT2D eigenvalue weighted by atomic mass is 31.0. The second kappa shape index (κ2) is 3.50. The van der Waals surface area contributed by atoms with Gasteiger partial charge in [-0.3, -0.25) is 0 Å². The molecule has 1 aliphatic carbocycles. The number of rotatable bonds is 1. The van der Waals surface area contributed by atoms with Gasteiger partial charge in [-0.1, -0.05) is 36.9 Å². The van der Waals surface area contributed by atoms with Gasteiger partial charge in [-0.25, -0.2) is 0 Å². The fourth-order valence-corrected chi connectivity index (χ4v) is 3.41. The summed E-state index contributed by atoms with van der Waals surface area (Å²) in [5, 5.41) is 0. The fourth-order valence-electron chi connectivity index (χ4n) is 2.26. The van der Waals surface area contributed by atoms with Crippen LogP contribution in [0.4, 0.5) is 0 Å². The van der Waals surface area contributed by atoms with Crippen molar-refractivity contribution < 1.29 is 0 Å². The Morgan fingerprint density at radius 1 is 1.12 bits per heavy atom. The van der Waals surface area contributed by atoms with Gasteiger partial charge in [0, 0.05) is 4.95 Å². The van der Waals surface area contributed by atoms with Gasteiger partial charge in [0.05, 0.1) is 0 Å². The molecule has 1 unspecified atom stereocenters. The first-order valence-electron chi connectivity index (χ1n) is 5.42. The van der Waals surface area contributed by atoms with Crippen LogP contribution in [-0.2, 0) is 0 Å². The van der Waals surface area contributed by atoms with Crippen LogP contribution >= 0.6 is 8.19 Å². The predicted molar refractivity (Wildman–Crippen MR) is 73.3 cm³/mol. The highest BCUT2D eigenvalue weighted by Crippen LogP contribution is 2.27. The van der Waals surface area contributed by atoms with Gasteiger partial charge in [-0.05, 0) is 46.3 Å². The van der Waals surface area contributed by atoms with Crippen molar-refractivity contribution in [2.45, 2.75) is 6.92 Å². The van der Waals surface area contributed by atoms with E-state index in [1.54, 1.807) is 0 Å². The van der Waals surface area contributed by atoms with E-state index in [4.69, 9.17) is 0 Å². The zero-order valence-electron chi connectivity index (χ0n) is 9.25. The summed E-state index contributed by atoms with van der Waals surface area (Å²) in [6.07, 6.45) is 2.30. The minimum absolute atomic E-state index is 0.768. The van der Waals surface area contributed by atoms with Crippen molar-refractivity contribution in [3.8, 4) is 0 Å². The highest BCUT2D eigenvalue weighted by Gasteiger charge is 2.13. The summed E-state index contributed by atoms with van der Waals surface area (Å²) < 4.78 is 0. The molecule has 0 spiro atoms. The molecule has 0 saturated carbocycles. The van der Waals surface area contributed by atoms with Crippen molar-refractivity contribution in [3.05, 3.63) is 63.5 Å². The van der Waals surface area contributed by atoms with E-state index in [0.717, 1.165) is 8.19 Å². The molecule has 16 heavy (non-hydrogen) atoms. The van der Waals surface area contributed by atoms with E-state index >= 15 is 0 Å². The number of hydrogen-bond acceptors (Lipinski definition) is 0. The maximum absolute atomic E-state index is 4.07. The average molecular weight is 224 g/mol. The zero-order valence-corrected chi connectivity index (χ0v) is 10.2. The number of benzene rings is 1. The summed E-state index contributed by atoms with van der Waals surface area (Å²) in [5.74, 6) is 0. The Labute approximate surface area is 96.7 Å². The van der Waals surface area contributed by atoms with Crippen molar-refractivity contribution in [2.75, 3.05) is 0 Å². The molecule has 1 atom stereocenters. The summed E-state index contributed by atoms with van der Waals surface area (Å²) >= 11 is 0. The van der Waals surface area contributed by atoms with E-state index < -0.39 is 0 Å². The maximum Gasteiger partial charge on any atom is 0.00231 e. The van der Waals surface area contributed by atoms with E-state index in [2.05, 4.69) is 56.0 Å². The van der Waals surface area contributed by atoms with Gasteiger partial charge in [0.15, 0.2) is 0 Å². The van der Waals surface area contributed by atoms with Crippen molar-refractivity contribution in [2.24, 2.45) is 0 Å². The largest absolute Gasteiger partial charge is 0.124 e. The molecule has 1 heteroatoms. The molecule has 1 aromatic heterocycles. The smallest absolute Gasteiger partial charge is 0.00231 e. The summed E-state index contributed by atoms with van der Waals surface area (Å²) in [7, 11) is 0.768. The van der Waals surface area contributed by atoms with Gasteiger partial charge in [0.1, 0.15) is 0 Å². The van der Waals surface area contributed by atoms with Crippen molar-refractivity contribution in [1.29, 1.82) is 0 Å². The van der Waals surface area contributed by atoms with E-state index in [1.165, 1.54) is 32.2 Å². The van der Waals surface area contributed by atoms with Gasteiger partial charge < -0.3 is 0 Å². The third kappa shape index (κ3) is 1.38. The Kier molecular flexibility index (Phi) is 2.12.